The van der Waals surface area contributed by atoms with Crippen LogP contribution in [0.15, 0.2) is 21.1 Å². The summed E-state index contributed by atoms with van der Waals surface area (Å²) < 4.78 is 1.38. The summed E-state index contributed by atoms with van der Waals surface area (Å²) in [6, 6.07) is 3.32. The van der Waals surface area contributed by atoms with Gasteiger partial charge in [-0.05, 0) is 44.0 Å². The van der Waals surface area contributed by atoms with Crippen LogP contribution < -0.4 is 5.73 Å². The lowest BCUT2D eigenvalue weighted by atomic mass is 10.1. The number of carbonyl (C=O) groups excluding carboxylic acids is 1. The maximum atomic E-state index is 11.2. The van der Waals surface area contributed by atoms with Crippen molar-refractivity contribution < 1.29 is 4.79 Å². The molecule has 0 heterocycles. The van der Waals surface area contributed by atoms with E-state index in [1.54, 1.807) is 12.1 Å². The number of anilines is 1. The number of nitrogen functional groups attached to an aromatic ring is 1. The summed E-state index contributed by atoms with van der Waals surface area (Å²) in [7, 11) is 0. The van der Waals surface area contributed by atoms with Gasteiger partial charge >= 0.3 is 0 Å². The van der Waals surface area contributed by atoms with Crippen molar-refractivity contribution in [3.05, 3.63) is 26.6 Å². The highest BCUT2D eigenvalue weighted by molar-refractivity contribution is 9.11. The molecule has 5 heteroatoms. The first-order valence-corrected chi connectivity index (χ1v) is 5.52. The number of hydrogen-bond donors (Lipinski definition) is 1. The number of ketones is 1. The van der Waals surface area contributed by atoms with Crippen LogP contribution in [-0.4, -0.2) is 11.7 Å². The van der Waals surface area contributed by atoms with Crippen molar-refractivity contribution in [2.24, 2.45) is 0 Å². The number of rotatable bonds is 2. The van der Waals surface area contributed by atoms with Gasteiger partial charge in [0.05, 0.1) is 11.6 Å². The second-order valence-electron chi connectivity index (χ2n) is 2.41. The van der Waals surface area contributed by atoms with Crippen molar-refractivity contribution in [3.8, 4) is 0 Å². The normalized spacial score (nSPS) is 10.1. The quantitative estimate of drug-likeness (QED) is 0.515. The fourth-order valence-electron chi connectivity index (χ4n) is 0.822. The van der Waals surface area contributed by atoms with E-state index in [-0.39, 0.29) is 11.7 Å². The number of nitrogens with two attached hydrogens (primary N) is 1. The van der Waals surface area contributed by atoms with Gasteiger partial charge in [-0.3, -0.25) is 4.79 Å². The number of alkyl halides is 1. The highest BCUT2D eigenvalue weighted by atomic mass is 79.9. The molecule has 0 spiro atoms. The van der Waals surface area contributed by atoms with Crippen LogP contribution in [0, 0.1) is 0 Å². The molecule has 0 aliphatic heterocycles. The molecule has 13 heavy (non-hydrogen) atoms. The summed E-state index contributed by atoms with van der Waals surface area (Å²) in [5, 5.41) is 0. The Hall–Kier alpha value is -0.0600. The molecule has 2 N–H and O–H groups in total. The molecule has 0 fully saturated rings. The van der Waals surface area contributed by atoms with Crippen LogP contribution in [0.1, 0.15) is 10.4 Å². The summed E-state index contributed by atoms with van der Waals surface area (Å²) in [5.41, 5.74) is 6.77. The SMILES string of the molecule is Nc1c(Br)cc(C(=O)CCl)cc1Br. The highest BCUT2D eigenvalue weighted by Gasteiger charge is 2.09. The Kier molecular flexibility index (Phi) is 3.76. The molecule has 0 amide bonds. The van der Waals surface area contributed by atoms with Gasteiger partial charge in [-0.25, -0.2) is 0 Å². The molecule has 0 aromatic heterocycles. The van der Waals surface area contributed by atoms with Crippen LogP contribution in [0.2, 0.25) is 0 Å². The second-order valence-corrected chi connectivity index (χ2v) is 4.39. The minimum absolute atomic E-state index is 0.0250. The lowest BCUT2D eigenvalue weighted by molar-refractivity contribution is 0.102. The van der Waals surface area contributed by atoms with Crippen LogP contribution in [0.25, 0.3) is 0 Å². The molecule has 1 aromatic rings. The maximum Gasteiger partial charge on any atom is 0.177 e. The van der Waals surface area contributed by atoms with E-state index >= 15 is 0 Å². The Morgan fingerprint density at radius 2 is 1.85 bits per heavy atom. The zero-order chi connectivity index (χ0) is 10.0. The molecular formula is C8H6Br2ClNO. The average Bonchev–Trinajstić information content (AvgIpc) is 2.12. The van der Waals surface area contributed by atoms with E-state index in [2.05, 4.69) is 31.9 Å². The van der Waals surface area contributed by atoms with Crippen LogP contribution in [0.4, 0.5) is 5.69 Å². The molecule has 0 saturated heterocycles. The van der Waals surface area contributed by atoms with Gasteiger partial charge < -0.3 is 5.73 Å². The smallest absolute Gasteiger partial charge is 0.177 e. The topological polar surface area (TPSA) is 43.1 Å². The van der Waals surface area contributed by atoms with E-state index in [0.717, 1.165) is 0 Å². The summed E-state index contributed by atoms with van der Waals surface area (Å²) >= 11 is 11.9. The maximum absolute atomic E-state index is 11.2. The zero-order valence-electron chi connectivity index (χ0n) is 6.48. The van der Waals surface area contributed by atoms with Gasteiger partial charge in [0.1, 0.15) is 0 Å². The number of benzene rings is 1. The number of hydrogen-bond acceptors (Lipinski definition) is 2. The molecule has 1 aromatic carbocycles. The minimum atomic E-state index is -0.122. The Bertz CT molecular complexity index is 331. The molecule has 0 atom stereocenters. The molecule has 0 unspecified atom stereocenters. The molecule has 70 valence electrons. The van der Waals surface area contributed by atoms with Crippen molar-refractivity contribution in [2.75, 3.05) is 11.6 Å². The fourth-order valence-corrected chi connectivity index (χ4v) is 2.16. The van der Waals surface area contributed by atoms with Crippen LogP contribution in [-0.2, 0) is 0 Å². The van der Waals surface area contributed by atoms with Gasteiger partial charge in [0, 0.05) is 14.5 Å². The highest BCUT2D eigenvalue weighted by Crippen LogP contribution is 2.29. The van der Waals surface area contributed by atoms with E-state index in [0.29, 0.717) is 20.2 Å². The minimum Gasteiger partial charge on any atom is -0.397 e. The Labute approximate surface area is 97.7 Å². The molecule has 0 saturated carbocycles. The summed E-state index contributed by atoms with van der Waals surface area (Å²) in [4.78, 5) is 11.2. The van der Waals surface area contributed by atoms with E-state index < -0.39 is 0 Å². The van der Waals surface area contributed by atoms with Crippen molar-refractivity contribution in [1.29, 1.82) is 0 Å². The van der Waals surface area contributed by atoms with Gasteiger partial charge in [0.25, 0.3) is 0 Å². The van der Waals surface area contributed by atoms with Crippen LogP contribution >= 0.6 is 43.5 Å². The Morgan fingerprint density at radius 1 is 1.38 bits per heavy atom. The summed E-state index contributed by atoms with van der Waals surface area (Å²) in [5.74, 6) is -0.147. The first-order valence-electron chi connectivity index (χ1n) is 3.40. The van der Waals surface area contributed by atoms with Crippen LogP contribution in [0.3, 0.4) is 0 Å². The molecule has 0 aliphatic carbocycles. The van der Waals surface area contributed by atoms with Gasteiger partial charge in [0.15, 0.2) is 5.78 Å². The van der Waals surface area contributed by atoms with E-state index in [1.165, 1.54) is 0 Å². The van der Waals surface area contributed by atoms with Gasteiger partial charge in [0.2, 0.25) is 0 Å². The standard InChI is InChI=1S/C8H6Br2ClNO/c9-5-1-4(7(13)3-11)2-6(10)8(5)12/h1-2H,3,12H2. The molecular weight excluding hydrogens is 321 g/mol. The largest absolute Gasteiger partial charge is 0.397 e. The van der Waals surface area contributed by atoms with Crippen molar-refractivity contribution >= 4 is 54.9 Å². The number of carbonyl (C=O) groups is 1. The van der Waals surface area contributed by atoms with Gasteiger partial charge in [-0.1, -0.05) is 0 Å². The Balaban J connectivity index is 3.20. The molecule has 0 radical (unpaired) electrons. The van der Waals surface area contributed by atoms with Gasteiger partial charge in [-0.15, -0.1) is 11.6 Å². The number of Topliss-reactive ketones (excluding diaryl/α,β-unsaturated/α-hetero) is 1. The molecule has 0 aliphatic rings. The first kappa shape index (κ1) is 11.0. The van der Waals surface area contributed by atoms with Crippen molar-refractivity contribution in [1.82, 2.24) is 0 Å². The average molecular weight is 327 g/mol. The molecule has 2 nitrogen and oxygen atoms in total. The lowest BCUT2D eigenvalue weighted by Gasteiger charge is -2.04. The third-order valence-electron chi connectivity index (χ3n) is 1.52. The predicted octanol–water partition coefficient (Wildman–Crippen LogP) is 3.22. The zero-order valence-corrected chi connectivity index (χ0v) is 10.4. The van der Waals surface area contributed by atoms with Crippen LogP contribution in [0.5, 0.6) is 0 Å². The summed E-state index contributed by atoms with van der Waals surface area (Å²) in [6.07, 6.45) is 0. The first-order chi connectivity index (χ1) is 6.06. The Morgan fingerprint density at radius 3 is 2.23 bits per heavy atom. The lowest BCUT2D eigenvalue weighted by Crippen LogP contribution is -2.01. The third kappa shape index (κ3) is 2.45. The monoisotopic (exact) mass is 325 g/mol. The van der Waals surface area contributed by atoms with E-state index in [4.69, 9.17) is 17.3 Å². The van der Waals surface area contributed by atoms with Crippen molar-refractivity contribution in [2.45, 2.75) is 0 Å². The second kappa shape index (κ2) is 4.44. The summed E-state index contributed by atoms with van der Waals surface area (Å²) in [6.45, 7) is 0. The third-order valence-corrected chi connectivity index (χ3v) is 3.08. The fraction of sp³-hybridized carbons (Fsp3) is 0.125. The molecule has 1 rings (SSSR count). The molecule has 0 bridgehead atoms. The van der Waals surface area contributed by atoms with E-state index in [1.807, 2.05) is 0 Å². The van der Waals surface area contributed by atoms with E-state index in [9.17, 15) is 4.79 Å². The predicted molar refractivity (Wildman–Crippen MR) is 61.3 cm³/mol. The van der Waals surface area contributed by atoms with Gasteiger partial charge in [-0.2, -0.15) is 0 Å². The van der Waals surface area contributed by atoms with Crippen molar-refractivity contribution in [3.63, 3.8) is 0 Å². The number of halogens is 3.